The van der Waals surface area contributed by atoms with Gasteiger partial charge in [-0.15, -0.1) is 0 Å². The van der Waals surface area contributed by atoms with Crippen LogP contribution in [0.5, 0.6) is 11.5 Å². The Labute approximate surface area is 165 Å². The van der Waals surface area contributed by atoms with Gasteiger partial charge in [-0.1, -0.05) is 35.9 Å². The molecule has 0 bridgehead atoms. The second-order valence-electron chi connectivity index (χ2n) is 7.24. The molecule has 1 aliphatic heterocycles. The Balaban J connectivity index is 1.53. The highest BCUT2D eigenvalue weighted by atomic mass is 35.5. The Morgan fingerprint density at radius 2 is 2.00 bits per heavy atom. The predicted molar refractivity (Wildman–Crippen MR) is 106 cm³/mol. The Kier molecular flexibility index (Phi) is 5.26. The van der Waals surface area contributed by atoms with E-state index < -0.39 is 0 Å². The van der Waals surface area contributed by atoms with Gasteiger partial charge >= 0.3 is 0 Å². The number of hydrogen-bond acceptors (Lipinski definition) is 3. The average molecular weight is 386 g/mol. The molecule has 1 atom stereocenters. The molecule has 1 heterocycles. The van der Waals surface area contributed by atoms with E-state index in [1.165, 1.54) is 11.1 Å². The number of likely N-dealkylation sites (N-methyl/N-ethyl adjacent to an activating group) is 1. The van der Waals surface area contributed by atoms with Crippen LogP contribution in [0.3, 0.4) is 0 Å². The highest BCUT2D eigenvalue weighted by Gasteiger charge is 2.27. The van der Waals surface area contributed by atoms with E-state index in [0.29, 0.717) is 36.2 Å². The van der Waals surface area contributed by atoms with Gasteiger partial charge < -0.3 is 14.4 Å². The third-order valence-electron chi connectivity index (χ3n) is 5.42. The third-order valence-corrected chi connectivity index (χ3v) is 5.70. The molecular formula is C22H24ClNO3. The number of carbonyl (C=O) groups excluding carboxylic acids is 1. The lowest BCUT2D eigenvalue weighted by atomic mass is 9.87. The largest absolute Gasteiger partial charge is 0.489 e. The summed E-state index contributed by atoms with van der Waals surface area (Å²) < 4.78 is 11.4. The molecule has 0 aromatic heterocycles. The molecule has 0 fully saturated rings. The summed E-state index contributed by atoms with van der Waals surface area (Å²) in [6.45, 7) is 1.19. The van der Waals surface area contributed by atoms with Crippen LogP contribution in [-0.4, -0.2) is 31.1 Å². The van der Waals surface area contributed by atoms with Crippen LogP contribution in [0.2, 0.25) is 5.02 Å². The minimum atomic E-state index is 0.0854. The minimum Gasteiger partial charge on any atom is -0.489 e. The van der Waals surface area contributed by atoms with E-state index in [1.54, 1.807) is 0 Å². The molecule has 1 amide bonds. The summed E-state index contributed by atoms with van der Waals surface area (Å²) in [6, 6.07) is 12.3. The summed E-state index contributed by atoms with van der Waals surface area (Å²) in [6.07, 6.45) is 4.32. The molecule has 0 saturated heterocycles. The van der Waals surface area contributed by atoms with Gasteiger partial charge in [0.2, 0.25) is 5.91 Å². The summed E-state index contributed by atoms with van der Waals surface area (Å²) >= 11 is 6.37. The number of halogens is 1. The maximum Gasteiger partial charge on any atom is 0.227 e. The SMILES string of the molecule is CN(C(=O)Cc1cc(Cl)c2c(c1)OCCCO2)[C@H]1CCCc2ccccc21. The zero-order valence-corrected chi connectivity index (χ0v) is 16.3. The molecule has 27 heavy (non-hydrogen) atoms. The van der Waals surface area contributed by atoms with E-state index in [2.05, 4.69) is 24.3 Å². The van der Waals surface area contributed by atoms with Crippen LogP contribution < -0.4 is 9.47 Å². The fourth-order valence-electron chi connectivity index (χ4n) is 3.99. The van der Waals surface area contributed by atoms with Crippen molar-refractivity contribution in [1.82, 2.24) is 4.90 Å². The smallest absolute Gasteiger partial charge is 0.227 e. The topological polar surface area (TPSA) is 38.8 Å². The molecule has 142 valence electrons. The first-order valence-corrected chi connectivity index (χ1v) is 9.93. The Hall–Kier alpha value is -2.20. The van der Waals surface area contributed by atoms with Gasteiger partial charge in [-0.3, -0.25) is 4.79 Å². The maximum absolute atomic E-state index is 13.0. The van der Waals surface area contributed by atoms with Gasteiger partial charge in [0.25, 0.3) is 0 Å². The lowest BCUT2D eigenvalue weighted by molar-refractivity contribution is -0.131. The lowest BCUT2D eigenvalue weighted by Gasteiger charge is -2.33. The van der Waals surface area contributed by atoms with E-state index in [9.17, 15) is 4.79 Å². The van der Waals surface area contributed by atoms with Crippen molar-refractivity contribution < 1.29 is 14.3 Å². The van der Waals surface area contributed by atoms with Crippen LogP contribution in [0, 0.1) is 0 Å². The zero-order chi connectivity index (χ0) is 18.8. The Bertz CT molecular complexity index is 851. The first-order chi connectivity index (χ1) is 13.1. The fourth-order valence-corrected chi connectivity index (χ4v) is 4.28. The van der Waals surface area contributed by atoms with Crippen molar-refractivity contribution in [3.63, 3.8) is 0 Å². The number of rotatable bonds is 3. The molecule has 2 aliphatic rings. The number of fused-ring (bicyclic) bond motifs is 2. The minimum absolute atomic E-state index is 0.0854. The summed E-state index contributed by atoms with van der Waals surface area (Å²) in [7, 11) is 1.90. The Morgan fingerprint density at radius 1 is 1.19 bits per heavy atom. The number of amides is 1. The molecule has 2 aromatic rings. The second kappa shape index (κ2) is 7.81. The number of carbonyl (C=O) groups is 1. The zero-order valence-electron chi connectivity index (χ0n) is 15.5. The number of ether oxygens (including phenoxy) is 2. The summed E-state index contributed by atoms with van der Waals surface area (Å²) in [4.78, 5) is 14.9. The van der Waals surface area contributed by atoms with Gasteiger partial charge in [0.15, 0.2) is 11.5 Å². The standard InChI is InChI=1S/C22H24ClNO3/c1-24(19-9-4-7-16-6-2-3-8-17(16)19)21(25)14-15-12-18(23)22-20(13-15)26-10-5-11-27-22/h2-3,6,8,12-13,19H,4-5,7,9-11,14H2,1H3/t19-/m0/s1. The van der Waals surface area contributed by atoms with Gasteiger partial charge in [0, 0.05) is 13.5 Å². The number of hydrogen-bond donors (Lipinski definition) is 0. The van der Waals surface area contributed by atoms with Crippen molar-refractivity contribution in [2.45, 2.75) is 38.1 Å². The lowest BCUT2D eigenvalue weighted by Crippen LogP contribution is -2.34. The predicted octanol–water partition coefficient (Wildman–Crippen LogP) is 4.58. The van der Waals surface area contributed by atoms with Gasteiger partial charge in [0.05, 0.1) is 30.7 Å². The molecule has 1 aliphatic carbocycles. The molecular weight excluding hydrogens is 362 g/mol. The van der Waals surface area contributed by atoms with Crippen molar-refractivity contribution in [2.75, 3.05) is 20.3 Å². The number of nitrogens with zero attached hydrogens (tertiary/aromatic N) is 1. The van der Waals surface area contributed by atoms with Crippen molar-refractivity contribution in [3.05, 3.63) is 58.1 Å². The van der Waals surface area contributed by atoms with Crippen molar-refractivity contribution >= 4 is 17.5 Å². The van der Waals surface area contributed by atoms with Crippen LogP contribution in [0.25, 0.3) is 0 Å². The quantitative estimate of drug-likeness (QED) is 0.776. The molecule has 5 heteroatoms. The highest BCUT2D eigenvalue weighted by molar-refractivity contribution is 6.32. The van der Waals surface area contributed by atoms with Crippen LogP contribution in [-0.2, 0) is 17.6 Å². The van der Waals surface area contributed by atoms with Crippen LogP contribution in [0.1, 0.15) is 42.0 Å². The average Bonchev–Trinajstić information content (AvgIpc) is 2.93. The molecule has 0 unspecified atom stereocenters. The van der Waals surface area contributed by atoms with Crippen molar-refractivity contribution in [1.29, 1.82) is 0 Å². The number of benzene rings is 2. The summed E-state index contributed by atoms with van der Waals surface area (Å²) in [5.74, 6) is 1.30. The molecule has 2 aromatic carbocycles. The molecule has 0 radical (unpaired) electrons. The molecule has 0 spiro atoms. The Morgan fingerprint density at radius 3 is 2.89 bits per heavy atom. The summed E-state index contributed by atoms with van der Waals surface area (Å²) in [5.41, 5.74) is 3.48. The normalized spacial score (nSPS) is 18.4. The van der Waals surface area contributed by atoms with E-state index in [1.807, 2.05) is 24.1 Å². The molecule has 0 N–H and O–H groups in total. The van der Waals surface area contributed by atoms with Crippen LogP contribution >= 0.6 is 11.6 Å². The first-order valence-electron chi connectivity index (χ1n) is 9.55. The molecule has 0 saturated carbocycles. The second-order valence-corrected chi connectivity index (χ2v) is 7.65. The van der Waals surface area contributed by atoms with Crippen molar-refractivity contribution in [2.24, 2.45) is 0 Å². The van der Waals surface area contributed by atoms with Gasteiger partial charge in [-0.25, -0.2) is 0 Å². The van der Waals surface area contributed by atoms with E-state index in [4.69, 9.17) is 21.1 Å². The molecule has 4 nitrogen and oxygen atoms in total. The fraction of sp³-hybridized carbons (Fsp3) is 0.409. The van der Waals surface area contributed by atoms with E-state index >= 15 is 0 Å². The van der Waals surface area contributed by atoms with Gasteiger partial charge in [-0.05, 0) is 48.1 Å². The van der Waals surface area contributed by atoms with Crippen LogP contribution in [0.15, 0.2) is 36.4 Å². The third kappa shape index (κ3) is 3.77. The van der Waals surface area contributed by atoms with E-state index in [0.717, 1.165) is 31.2 Å². The maximum atomic E-state index is 13.0. The first kappa shape index (κ1) is 18.2. The van der Waals surface area contributed by atoms with Gasteiger partial charge in [0.1, 0.15) is 0 Å². The van der Waals surface area contributed by atoms with Crippen LogP contribution in [0.4, 0.5) is 0 Å². The van der Waals surface area contributed by atoms with Gasteiger partial charge in [-0.2, -0.15) is 0 Å². The monoisotopic (exact) mass is 385 g/mol. The number of aryl methyl sites for hydroxylation is 1. The summed E-state index contributed by atoms with van der Waals surface area (Å²) in [5, 5.41) is 0.503. The molecule has 4 rings (SSSR count). The highest BCUT2D eigenvalue weighted by Crippen LogP contribution is 2.39. The van der Waals surface area contributed by atoms with Crippen molar-refractivity contribution in [3.8, 4) is 11.5 Å². The van der Waals surface area contributed by atoms with E-state index in [-0.39, 0.29) is 11.9 Å².